The van der Waals surface area contributed by atoms with E-state index in [0.29, 0.717) is 10.8 Å². The van der Waals surface area contributed by atoms with Crippen LogP contribution in [0, 0.1) is 28.1 Å². The maximum Gasteiger partial charge on any atom is 0.315 e. The Hall–Kier alpha value is -1.13. The lowest BCUT2D eigenvalue weighted by Crippen LogP contribution is -2.55. The summed E-state index contributed by atoms with van der Waals surface area (Å²) in [5.41, 5.74) is 5.97. The summed E-state index contributed by atoms with van der Waals surface area (Å²) in [5.74, 6) is 0.849. The van der Waals surface area contributed by atoms with Crippen LogP contribution in [-0.2, 0) is 9.53 Å². The highest BCUT2D eigenvalue weighted by Crippen LogP contribution is 2.64. The van der Waals surface area contributed by atoms with Gasteiger partial charge in [0.05, 0.1) is 5.60 Å². The van der Waals surface area contributed by atoms with E-state index in [9.17, 15) is 4.79 Å². The number of carboxylic acid groups (broad SMARTS) is 1. The molecule has 4 rings (SSSR count). The molecule has 1 saturated heterocycles. The predicted octanol–water partition coefficient (Wildman–Crippen LogP) is 4.94. The largest absolute Gasteiger partial charge is 0.481 e. The minimum atomic E-state index is -0.936. The molecule has 3 aliphatic carbocycles. The van der Waals surface area contributed by atoms with Crippen molar-refractivity contribution in [3.05, 3.63) is 24.3 Å². The highest BCUT2D eigenvalue weighted by atomic mass is 16.5. The molecule has 0 aromatic rings. The van der Waals surface area contributed by atoms with E-state index >= 15 is 0 Å². The first-order chi connectivity index (χ1) is 13.0. The number of fused-ring (bicyclic) bond motifs is 3. The predicted molar refractivity (Wildman–Crippen MR) is 113 cm³/mol. The summed E-state index contributed by atoms with van der Waals surface area (Å²) in [5, 5.41) is 8.80. The van der Waals surface area contributed by atoms with E-state index in [-0.39, 0.29) is 5.60 Å². The monoisotopic (exact) mass is 389 g/mol. The van der Waals surface area contributed by atoms with Crippen molar-refractivity contribution in [1.82, 2.24) is 0 Å². The Morgan fingerprint density at radius 3 is 2.36 bits per heavy atom. The Morgan fingerprint density at radius 1 is 1.04 bits per heavy atom. The lowest BCUT2D eigenvalue weighted by atomic mass is 9.46. The van der Waals surface area contributed by atoms with Gasteiger partial charge in [-0.05, 0) is 68.6 Å². The third-order valence-corrected chi connectivity index (χ3v) is 8.60. The number of hydrogen-bond donors (Lipinski definition) is 2. The molecule has 0 amide bonds. The van der Waals surface area contributed by atoms with Gasteiger partial charge in [-0.3, -0.25) is 4.79 Å². The topological polar surface area (TPSA) is 72.5 Å². The van der Waals surface area contributed by atoms with E-state index in [2.05, 4.69) is 27.7 Å². The Bertz CT molecular complexity index is 665. The third kappa shape index (κ3) is 3.47. The molecule has 6 unspecified atom stereocenters. The first-order valence-corrected chi connectivity index (χ1v) is 10.9. The molecule has 1 aliphatic heterocycles. The molecule has 4 heteroatoms. The summed E-state index contributed by atoms with van der Waals surface area (Å²) in [6.07, 6.45) is 15.0. The smallest absolute Gasteiger partial charge is 0.315 e. The lowest BCUT2D eigenvalue weighted by Gasteiger charge is -2.60. The molecule has 1 heterocycles. The van der Waals surface area contributed by atoms with Crippen LogP contribution >= 0.6 is 0 Å². The second-order valence-electron chi connectivity index (χ2n) is 10.8. The average Bonchev–Trinajstić information content (AvgIpc) is 3.00. The molecule has 158 valence electrons. The summed E-state index contributed by atoms with van der Waals surface area (Å²) < 4.78 is 6.13. The van der Waals surface area contributed by atoms with Gasteiger partial charge < -0.3 is 15.6 Å². The highest BCUT2D eigenvalue weighted by molar-refractivity contribution is 5.78. The SMILES string of the molecule is CC1(C(=O)O)C=CC=CC1N.CC1(C)CCCC2(C)C1CCC1(C)OCCC12. The highest BCUT2D eigenvalue weighted by Gasteiger charge is 2.60. The molecule has 28 heavy (non-hydrogen) atoms. The Balaban J connectivity index is 0.000000178. The van der Waals surface area contributed by atoms with Crippen LogP contribution in [-0.4, -0.2) is 29.3 Å². The van der Waals surface area contributed by atoms with Crippen LogP contribution < -0.4 is 5.73 Å². The second-order valence-corrected chi connectivity index (χ2v) is 10.8. The third-order valence-electron chi connectivity index (χ3n) is 8.60. The van der Waals surface area contributed by atoms with Gasteiger partial charge in [-0.2, -0.15) is 0 Å². The van der Waals surface area contributed by atoms with Gasteiger partial charge in [-0.15, -0.1) is 0 Å². The molecule has 3 fully saturated rings. The minimum absolute atomic E-state index is 0.207. The second kappa shape index (κ2) is 7.28. The number of aliphatic carboxylic acids is 1. The molecule has 4 aliphatic rings. The maximum atomic E-state index is 10.7. The van der Waals surface area contributed by atoms with Crippen LogP contribution in [0.1, 0.15) is 73.1 Å². The van der Waals surface area contributed by atoms with Crippen LogP contribution in [0.5, 0.6) is 0 Å². The summed E-state index contributed by atoms with van der Waals surface area (Å²) >= 11 is 0. The summed E-state index contributed by atoms with van der Waals surface area (Å²) in [4.78, 5) is 10.7. The zero-order chi connectivity index (χ0) is 20.8. The zero-order valence-corrected chi connectivity index (χ0v) is 18.3. The van der Waals surface area contributed by atoms with Crippen LogP contribution in [0.3, 0.4) is 0 Å². The molecule has 3 N–H and O–H groups in total. The van der Waals surface area contributed by atoms with E-state index in [1.807, 2.05) is 0 Å². The van der Waals surface area contributed by atoms with Crippen molar-refractivity contribution in [2.24, 2.45) is 33.8 Å². The molecule has 0 aromatic carbocycles. The average molecular weight is 390 g/mol. The van der Waals surface area contributed by atoms with Crippen molar-refractivity contribution in [1.29, 1.82) is 0 Å². The number of carboxylic acids is 1. The van der Waals surface area contributed by atoms with Gasteiger partial charge in [-0.1, -0.05) is 51.5 Å². The van der Waals surface area contributed by atoms with Crippen LogP contribution in [0.2, 0.25) is 0 Å². The van der Waals surface area contributed by atoms with Gasteiger partial charge in [-0.25, -0.2) is 0 Å². The molecule has 4 nitrogen and oxygen atoms in total. The molecule has 2 saturated carbocycles. The van der Waals surface area contributed by atoms with Gasteiger partial charge >= 0.3 is 5.97 Å². The van der Waals surface area contributed by atoms with E-state index in [4.69, 9.17) is 15.6 Å². The van der Waals surface area contributed by atoms with Crippen LogP contribution in [0.25, 0.3) is 0 Å². The van der Waals surface area contributed by atoms with Gasteiger partial charge in [0.1, 0.15) is 5.41 Å². The lowest BCUT2D eigenvalue weighted by molar-refractivity contribution is -0.147. The van der Waals surface area contributed by atoms with E-state index < -0.39 is 17.4 Å². The molecule has 0 radical (unpaired) electrons. The quantitative estimate of drug-likeness (QED) is 0.666. The van der Waals surface area contributed by atoms with Gasteiger partial charge in [0.25, 0.3) is 0 Å². The molecule has 0 aromatic heterocycles. The first-order valence-electron chi connectivity index (χ1n) is 10.9. The molecule has 0 spiro atoms. The molecule has 0 bridgehead atoms. The van der Waals surface area contributed by atoms with Crippen molar-refractivity contribution in [3.63, 3.8) is 0 Å². The number of rotatable bonds is 1. The number of hydrogen-bond acceptors (Lipinski definition) is 3. The fourth-order valence-electron chi connectivity index (χ4n) is 6.79. The van der Waals surface area contributed by atoms with E-state index in [1.54, 1.807) is 31.2 Å². The van der Waals surface area contributed by atoms with Gasteiger partial charge in [0.15, 0.2) is 0 Å². The van der Waals surface area contributed by atoms with E-state index in [0.717, 1.165) is 18.4 Å². The Kier molecular flexibility index (Phi) is 5.61. The van der Waals surface area contributed by atoms with Gasteiger partial charge in [0.2, 0.25) is 0 Å². The van der Waals surface area contributed by atoms with Crippen molar-refractivity contribution >= 4 is 5.97 Å². The number of nitrogens with two attached hydrogens (primary N) is 1. The number of carbonyl (C=O) groups is 1. The van der Waals surface area contributed by atoms with Crippen LogP contribution in [0.4, 0.5) is 0 Å². The van der Waals surface area contributed by atoms with Crippen molar-refractivity contribution in [2.45, 2.75) is 84.8 Å². The minimum Gasteiger partial charge on any atom is -0.481 e. The van der Waals surface area contributed by atoms with Crippen molar-refractivity contribution < 1.29 is 14.6 Å². The fourth-order valence-corrected chi connectivity index (χ4v) is 6.79. The number of ether oxygens (including phenoxy) is 1. The molecular formula is C24H39NO3. The maximum absolute atomic E-state index is 10.7. The van der Waals surface area contributed by atoms with Crippen molar-refractivity contribution in [2.75, 3.05) is 6.61 Å². The summed E-state index contributed by atoms with van der Waals surface area (Å²) in [6, 6.07) is -0.426. The fraction of sp³-hybridized carbons (Fsp3) is 0.792. The summed E-state index contributed by atoms with van der Waals surface area (Å²) in [7, 11) is 0. The van der Waals surface area contributed by atoms with Crippen LogP contribution in [0.15, 0.2) is 24.3 Å². The first kappa shape index (κ1) is 21.6. The molecular weight excluding hydrogens is 350 g/mol. The van der Waals surface area contributed by atoms with Gasteiger partial charge in [0, 0.05) is 12.6 Å². The Labute approximate surface area is 170 Å². The molecule has 6 atom stereocenters. The van der Waals surface area contributed by atoms with E-state index in [1.165, 1.54) is 38.5 Å². The standard InChI is InChI=1S/C16H28O.C8H11NO2/c1-14(2)8-5-9-15(3)12(14)6-10-16(4)13(15)7-11-17-16;1-8(7(10)11)5-3-2-4-6(8)9/h12-13H,5-11H2,1-4H3;2-6H,9H2,1H3,(H,10,11). The summed E-state index contributed by atoms with van der Waals surface area (Å²) in [6.45, 7) is 12.6. The zero-order valence-electron chi connectivity index (χ0n) is 18.3. The van der Waals surface area contributed by atoms with Crippen molar-refractivity contribution in [3.8, 4) is 0 Å². The normalized spacial score (nSPS) is 46.1. The Morgan fingerprint density at radius 2 is 1.75 bits per heavy atom. The number of allylic oxidation sites excluding steroid dienone is 2.